The Morgan fingerprint density at radius 3 is 2.50 bits per heavy atom. The Morgan fingerprint density at radius 1 is 1.21 bits per heavy atom. The molecule has 1 aromatic carbocycles. The molecule has 24 heavy (non-hydrogen) atoms. The van der Waals surface area contributed by atoms with E-state index < -0.39 is 6.04 Å². The summed E-state index contributed by atoms with van der Waals surface area (Å²) in [5.41, 5.74) is 2.10. The first kappa shape index (κ1) is 17.7. The smallest absolute Gasteiger partial charge is 0.247 e. The van der Waals surface area contributed by atoms with Gasteiger partial charge in [-0.15, -0.1) is 0 Å². The Hall–Kier alpha value is -2.63. The van der Waals surface area contributed by atoms with Gasteiger partial charge in [0, 0.05) is 0 Å². The van der Waals surface area contributed by atoms with E-state index in [4.69, 9.17) is 4.52 Å². The molecule has 2 rings (SSSR count). The summed E-state index contributed by atoms with van der Waals surface area (Å²) in [6.07, 6.45) is 1.60. The van der Waals surface area contributed by atoms with E-state index >= 15 is 0 Å². The predicted molar refractivity (Wildman–Crippen MR) is 91.6 cm³/mol. The fourth-order valence-electron chi connectivity index (χ4n) is 2.46. The van der Waals surface area contributed by atoms with E-state index in [1.807, 2.05) is 37.3 Å². The fraction of sp³-hybridized carbons (Fsp3) is 0.389. The van der Waals surface area contributed by atoms with E-state index in [1.54, 1.807) is 13.8 Å². The lowest BCUT2D eigenvalue weighted by Crippen LogP contribution is -2.44. The number of carbonyl (C=O) groups is 2. The molecule has 0 fully saturated rings. The summed E-state index contributed by atoms with van der Waals surface area (Å²) in [7, 11) is 0. The summed E-state index contributed by atoms with van der Waals surface area (Å²) in [5.74, 6) is 0.118. The fourth-order valence-corrected chi connectivity index (χ4v) is 2.46. The maximum absolute atomic E-state index is 12.5. The predicted octanol–water partition coefficient (Wildman–Crippen LogP) is 2.76. The van der Waals surface area contributed by atoms with Crippen LogP contribution in [0.25, 0.3) is 0 Å². The third-order valence-corrected chi connectivity index (χ3v) is 3.72. The average molecular weight is 329 g/mol. The van der Waals surface area contributed by atoms with Crippen molar-refractivity contribution >= 4 is 17.5 Å². The minimum Gasteiger partial charge on any atom is -0.359 e. The highest BCUT2D eigenvalue weighted by Gasteiger charge is 2.22. The monoisotopic (exact) mass is 329 g/mol. The summed E-state index contributed by atoms with van der Waals surface area (Å²) in [5, 5.41) is 9.43. The van der Waals surface area contributed by atoms with Crippen LogP contribution in [0.2, 0.25) is 0 Å². The van der Waals surface area contributed by atoms with Crippen molar-refractivity contribution in [3.8, 4) is 0 Å². The van der Waals surface area contributed by atoms with Crippen molar-refractivity contribution in [3.63, 3.8) is 0 Å². The minimum absolute atomic E-state index is 0.173. The zero-order valence-electron chi connectivity index (χ0n) is 14.3. The van der Waals surface area contributed by atoms with Gasteiger partial charge in [0.25, 0.3) is 0 Å². The third kappa shape index (κ3) is 4.68. The van der Waals surface area contributed by atoms with Gasteiger partial charge in [-0.05, 0) is 25.8 Å². The topological polar surface area (TPSA) is 84.2 Å². The molecule has 0 spiro atoms. The van der Waals surface area contributed by atoms with Gasteiger partial charge >= 0.3 is 0 Å². The quantitative estimate of drug-likeness (QED) is 0.818. The molecular formula is C18H23N3O3. The van der Waals surface area contributed by atoms with Crippen molar-refractivity contribution in [2.24, 2.45) is 0 Å². The molecule has 1 heterocycles. The molecular weight excluding hydrogens is 306 g/mol. The first-order valence-corrected chi connectivity index (χ1v) is 8.08. The number of aromatic nitrogens is 1. The highest BCUT2D eigenvalue weighted by molar-refractivity contribution is 5.98. The van der Waals surface area contributed by atoms with Crippen molar-refractivity contribution in [1.82, 2.24) is 10.5 Å². The number of hydrogen-bond donors (Lipinski definition) is 2. The van der Waals surface area contributed by atoms with Gasteiger partial charge in [-0.3, -0.25) is 9.59 Å². The minimum atomic E-state index is -0.583. The third-order valence-electron chi connectivity index (χ3n) is 3.72. The Morgan fingerprint density at radius 2 is 1.92 bits per heavy atom. The van der Waals surface area contributed by atoms with Crippen LogP contribution in [0.3, 0.4) is 0 Å². The van der Waals surface area contributed by atoms with Gasteiger partial charge in [-0.25, -0.2) is 0 Å². The Bertz CT molecular complexity index is 675. The first-order valence-electron chi connectivity index (χ1n) is 8.08. The zero-order valence-corrected chi connectivity index (χ0v) is 14.3. The number of anilines is 1. The lowest BCUT2D eigenvalue weighted by molar-refractivity contribution is -0.126. The second-order valence-electron chi connectivity index (χ2n) is 5.76. The molecule has 0 radical (unpaired) electrons. The summed E-state index contributed by atoms with van der Waals surface area (Å²) in [4.78, 5) is 24.7. The number of aryl methyl sites for hydroxylation is 2. The lowest BCUT2D eigenvalue weighted by Gasteiger charge is -2.18. The molecule has 0 bridgehead atoms. The van der Waals surface area contributed by atoms with Gasteiger partial charge in [0.05, 0.1) is 6.42 Å². The maximum Gasteiger partial charge on any atom is 0.247 e. The second kappa shape index (κ2) is 8.29. The number of rotatable bonds is 7. The van der Waals surface area contributed by atoms with E-state index in [0.717, 1.165) is 12.0 Å². The number of benzene rings is 1. The van der Waals surface area contributed by atoms with Gasteiger partial charge in [0.2, 0.25) is 11.8 Å². The van der Waals surface area contributed by atoms with Crippen LogP contribution in [-0.4, -0.2) is 23.0 Å². The summed E-state index contributed by atoms with van der Waals surface area (Å²) in [6.45, 7) is 5.47. The van der Waals surface area contributed by atoms with E-state index in [9.17, 15) is 9.59 Å². The number of nitrogens with one attached hydrogen (secondary N) is 2. The molecule has 6 nitrogen and oxygen atoms in total. The Balaban J connectivity index is 2.00. The van der Waals surface area contributed by atoms with Crippen LogP contribution in [-0.2, 0) is 16.0 Å². The molecule has 0 aliphatic rings. The number of amides is 2. The number of carbonyl (C=O) groups excluding carboxylic acids is 2. The standard InChI is InChI=1S/C18H23N3O3/c1-4-8-15(18(23)20-17-12(2)21-24-13(17)3)19-16(22)11-14-9-6-5-7-10-14/h5-7,9-10,15H,4,8,11H2,1-3H3,(H,19,22)(H,20,23)/t15-/m0/s1. The van der Waals surface area contributed by atoms with E-state index in [0.29, 0.717) is 23.6 Å². The molecule has 0 saturated heterocycles. The largest absolute Gasteiger partial charge is 0.359 e. The molecule has 6 heteroatoms. The summed E-state index contributed by atoms with van der Waals surface area (Å²) < 4.78 is 5.04. The van der Waals surface area contributed by atoms with Gasteiger partial charge < -0.3 is 15.2 Å². The van der Waals surface area contributed by atoms with Crippen molar-refractivity contribution in [2.45, 2.75) is 46.1 Å². The van der Waals surface area contributed by atoms with Gasteiger partial charge in [0.1, 0.15) is 17.4 Å². The van der Waals surface area contributed by atoms with E-state index in [2.05, 4.69) is 15.8 Å². The van der Waals surface area contributed by atoms with Crippen molar-refractivity contribution in [1.29, 1.82) is 0 Å². The van der Waals surface area contributed by atoms with Crippen LogP contribution in [0, 0.1) is 13.8 Å². The molecule has 0 unspecified atom stereocenters. The van der Waals surface area contributed by atoms with Crippen LogP contribution in [0.4, 0.5) is 5.69 Å². The highest BCUT2D eigenvalue weighted by atomic mass is 16.5. The van der Waals surface area contributed by atoms with Gasteiger partial charge in [0.15, 0.2) is 5.76 Å². The molecule has 2 amide bonds. The molecule has 0 saturated carbocycles. The van der Waals surface area contributed by atoms with Crippen LogP contribution in [0.5, 0.6) is 0 Å². The van der Waals surface area contributed by atoms with Crippen molar-refractivity contribution < 1.29 is 14.1 Å². The van der Waals surface area contributed by atoms with Gasteiger partial charge in [-0.1, -0.05) is 48.8 Å². The molecule has 1 atom stereocenters. The van der Waals surface area contributed by atoms with Crippen LogP contribution < -0.4 is 10.6 Å². The molecule has 1 aromatic heterocycles. The van der Waals surface area contributed by atoms with Crippen LogP contribution in [0.1, 0.15) is 36.8 Å². The average Bonchev–Trinajstić information content (AvgIpc) is 2.87. The molecule has 0 aliphatic heterocycles. The van der Waals surface area contributed by atoms with E-state index in [-0.39, 0.29) is 18.2 Å². The van der Waals surface area contributed by atoms with Crippen molar-refractivity contribution in [2.75, 3.05) is 5.32 Å². The summed E-state index contributed by atoms with van der Waals surface area (Å²) in [6, 6.07) is 8.86. The van der Waals surface area contributed by atoms with Crippen LogP contribution in [0.15, 0.2) is 34.9 Å². The second-order valence-corrected chi connectivity index (χ2v) is 5.76. The molecule has 0 aliphatic carbocycles. The zero-order chi connectivity index (χ0) is 17.5. The normalized spacial score (nSPS) is 11.8. The first-order chi connectivity index (χ1) is 11.5. The van der Waals surface area contributed by atoms with E-state index in [1.165, 1.54) is 0 Å². The van der Waals surface area contributed by atoms with Crippen LogP contribution >= 0.6 is 0 Å². The van der Waals surface area contributed by atoms with Crippen molar-refractivity contribution in [3.05, 3.63) is 47.3 Å². The Kier molecular flexibility index (Phi) is 6.12. The molecule has 128 valence electrons. The number of nitrogens with zero attached hydrogens (tertiary/aromatic N) is 1. The Labute approximate surface area is 141 Å². The number of hydrogen-bond acceptors (Lipinski definition) is 4. The summed E-state index contributed by atoms with van der Waals surface area (Å²) >= 11 is 0. The van der Waals surface area contributed by atoms with Gasteiger partial charge in [-0.2, -0.15) is 0 Å². The lowest BCUT2D eigenvalue weighted by atomic mass is 10.1. The molecule has 2 N–H and O–H groups in total. The highest BCUT2D eigenvalue weighted by Crippen LogP contribution is 2.19. The molecule has 2 aromatic rings. The SMILES string of the molecule is CCC[C@H](NC(=O)Cc1ccccc1)C(=O)Nc1c(C)noc1C. The maximum atomic E-state index is 12.5.